The summed E-state index contributed by atoms with van der Waals surface area (Å²) < 4.78 is 6.39. The first-order valence-corrected chi connectivity index (χ1v) is 15.9. The number of phenols is 2. The number of phenolic OH excluding ortho intramolecular Hbond substituents is 2. The zero-order chi connectivity index (χ0) is 32.2. The molecule has 1 fully saturated rings. The molecule has 1 heterocycles. The third-order valence-electron chi connectivity index (χ3n) is 8.47. The molecule has 4 atom stereocenters. The summed E-state index contributed by atoms with van der Waals surface area (Å²) in [5, 5.41) is 31.0. The van der Waals surface area contributed by atoms with E-state index in [1.165, 1.54) is 40.5 Å². The van der Waals surface area contributed by atoms with E-state index < -0.39 is 11.7 Å². The molecule has 0 aliphatic carbocycles. The van der Waals surface area contributed by atoms with Gasteiger partial charge in [-0.2, -0.15) is 0 Å². The van der Waals surface area contributed by atoms with Crippen LogP contribution < -0.4 is 0 Å². The molecule has 1 aromatic carbocycles. The highest BCUT2D eigenvalue weighted by atomic mass is 16.5. The quantitative estimate of drug-likeness (QED) is 0.131. The molecule has 0 spiro atoms. The van der Waals surface area contributed by atoms with Crippen LogP contribution in [0.2, 0.25) is 0 Å². The lowest BCUT2D eigenvalue weighted by atomic mass is 9.88. The average molecular weight is 593 g/mol. The maximum Gasteiger partial charge on any atom is 0.170 e. The first-order valence-electron chi connectivity index (χ1n) is 15.9. The van der Waals surface area contributed by atoms with E-state index in [1.807, 2.05) is 13.8 Å². The van der Waals surface area contributed by atoms with Crippen LogP contribution in [0.25, 0.3) is 0 Å². The molecule has 1 saturated heterocycles. The molecule has 2 rings (SSSR count). The summed E-state index contributed by atoms with van der Waals surface area (Å²) in [6, 6.07) is 4.13. The van der Waals surface area contributed by atoms with Gasteiger partial charge in [-0.25, -0.2) is 0 Å². The van der Waals surface area contributed by atoms with Crippen LogP contribution >= 0.6 is 0 Å². The van der Waals surface area contributed by atoms with Gasteiger partial charge in [-0.05, 0) is 124 Å². The number of aliphatic hydroxyl groups is 1. The van der Waals surface area contributed by atoms with Crippen molar-refractivity contribution >= 4 is 5.78 Å². The van der Waals surface area contributed by atoms with Gasteiger partial charge in [-0.1, -0.05) is 52.7 Å². The number of allylic oxidation sites excluding steroid dienone is 9. The van der Waals surface area contributed by atoms with Crippen LogP contribution in [-0.4, -0.2) is 38.9 Å². The normalized spacial score (nSPS) is 21.9. The number of carbonyl (C=O) groups excluding carboxylic acids is 1. The number of ketones is 1. The lowest BCUT2D eigenvalue weighted by Gasteiger charge is -2.27. The van der Waals surface area contributed by atoms with E-state index in [4.69, 9.17) is 4.74 Å². The number of benzene rings is 1. The number of Topliss-reactive ketones (excluding diaryl/α,β-unsaturated/α-hetero) is 1. The predicted molar refractivity (Wildman–Crippen MR) is 179 cm³/mol. The van der Waals surface area contributed by atoms with Crippen LogP contribution in [0, 0.1) is 5.92 Å². The van der Waals surface area contributed by atoms with Gasteiger partial charge in [0.15, 0.2) is 5.78 Å². The Morgan fingerprint density at radius 3 is 2.09 bits per heavy atom. The maximum absolute atomic E-state index is 13.6. The Bertz CT molecular complexity index is 1220. The van der Waals surface area contributed by atoms with Crippen molar-refractivity contribution in [2.24, 2.45) is 5.92 Å². The minimum Gasteiger partial charge on any atom is -0.508 e. The number of hydrogen-bond donors (Lipinski definition) is 3. The summed E-state index contributed by atoms with van der Waals surface area (Å²) >= 11 is 0. The van der Waals surface area contributed by atoms with E-state index >= 15 is 0 Å². The van der Waals surface area contributed by atoms with Gasteiger partial charge in [-0.15, -0.1) is 0 Å². The number of aliphatic hydroxyl groups excluding tert-OH is 1. The Kier molecular flexibility index (Phi) is 14.7. The predicted octanol–water partition coefficient (Wildman–Crippen LogP) is 9.70. The number of ether oxygens (including phenoxy) is 1. The van der Waals surface area contributed by atoms with Gasteiger partial charge in [0.2, 0.25) is 0 Å². The average Bonchev–Trinajstić information content (AvgIpc) is 3.21. The van der Waals surface area contributed by atoms with E-state index in [1.54, 1.807) is 0 Å². The summed E-state index contributed by atoms with van der Waals surface area (Å²) in [6.07, 6.45) is 17.4. The van der Waals surface area contributed by atoms with Gasteiger partial charge < -0.3 is 20.1 Å². The van der Waals surface area contributed by atoms with Crippen molar-refractivity contribution in [3.63, 3.8) is 0 Å². The highest BCUT2D eigenvalue weighted by Gasteiger charge is 2.44. The van der Waals surface area contributed by atoms with E-state index in [2.05, 4.69) is 71.9 Å². The molecule has 1 aliphatic heterocycles. The van der Waals surface area contributed by atoms with Gasteiger partial charge in [-0.3, -0.25) is 4.79 Å². The molecule has 238 valence electrons. The lowest BCUT2D eigenvalue weighted by molar-refractivity contribution is -0.0657. The van der Waals surface area contributed by atoms with Crippen LogP contribution in [0.1, 0.15) is 124 Å². The SMILES string of the molecule is CC(C)=CCC/C(C)=C/CC/C(C)=C/C[C@@H](C/C=C(\C)[C@@H]1C[C@H](O)[C@@](C)(CCC=C(C)C)O1)C(=O)c1ccc(O)cc1O. The molecule has 0 radical (unpaired) electrons. The molecular formula is C38H56O5. The molecule has 0 saturated carbocycles. The van der Waals surface area contributed by atoms with Crippen molar-refractivity contribution in [2.45, 2.75) is 131 Å². The van der Waals surface area contributed by atoms with E-state index in [0.29, 0.717) is 19.3 Å². The van der Waals surface area contributed by atoms with Gasteiger partial charge in [0.1, 0.15) is 11.5 Å². The molecular weight excluding hydrogens is 536 g/mol. The zero-order valence-corrected chi connectivity index (χ0v) is 27.9. The fraction of sp³-hybridized carbons (Fsp3) is 0.553. The molecule has 0 aromatic heterocycles. The fourth-order valence-electron chi connectivity index (χ4n) is 5.46. The van der Waals surface area contributed by atoms with Gasteiger partial charge in [0, 0.05) is 18.4 Å². The smallest absolute Gasteiger partial charge is 0.170 e. The summed E-state index contributed by atoms with van der Waals surface area (Å²) in [6.45, 7) is 16.7. The third kappa shape index (κ3) is 12.3. The molecule has 1 aliphatic rings. The molecule has 0 amide bonds. The second-order valence-electron chi connectivity index (χ2n) is 13.1. The second-order valence-corrected chi connectivity index (χ2v) is 13.1. The second kappa shape index (κ2) is 17.4. The topological polar surface area (TPSA) is 87.0 Å². The number of aromatic hydroxyl groups is 2. The Morgan fingerprint density at radius 2 is 1.47 bits per heavy atom. The van der Waals surface area contributed by atoms with E-state index in [0.717, 1.165) is 44.1 Å². The number of carbonyl (C=O) groups is 1. The third-order valence-corrected chi connectivity index (χ3v) is 8.47. The highest BCUT2D eigenvalue weighted by Crippen LogP contribution is 2.38. The Morgan fingerprint density at radius 1 is 0.884 bits per heavy atom. The van der Waals surface area contributed by atoms with Gasteiger partial charge in [0.25, 0.3) is 0 Å². The molecule has 1 aromatic rings. The minimum atomic E-state index is -0.600. The van der Waals surface area contributed by atoms with E-state index in [-0.39, 0.29) is 34.9 Å². The molecule has 5 nitrogen and oxygen atoms in total. The molecule has 0 bridgehead atoms. The largest absolute Gasteiger partial charge is 0.508 e. The lowest BCUT2D eigenvalue weighted by Crippen LogP contribution is -2.35. The highest BCUT2D eigenvalue weighted by molar-refractivity contribution is 6.00. The van der Waals surface area contributed by atoms with Crippen molar-refractivity contribution in [1.29, 1.82) is 0 Å². The Hall–Kier alpha value is -2.89. The molecule has 0 unspecified atom stereocenters. The molecule has 3 N–H and O–H groups in total. The standard InChI is InChI=1S/C38H56O5/c1-26(2)12-9-14-28(5)15-10-16-29(6)17-19-31(37(42)33-22-21-32(39)24-34(33)40)20-18-30(7)35-25-36(41)38(8,43-35)23-11-13-27(3)4/h12-13,15,17-18,21-22,24,31,35-36,39-41H,9-11,14,16,19-20,23,25H2,1-8H3/b28-15+,29-17+,30-18+/t31-,35-,36-,38+/m0/s1. The fourth-order valence-corrected chi connectivity index (χ4v) is 5.46. The van der Waals surface area contributed by atoms with Gasteiger partial charge in [0.05, 0.1) is 23.4 Å². The van der Waals surface area contributed by atoms with Crippen LogP contribution in [0.5, 0.6) is 11.5 Å². The Balaban J connectivity index is 2.13. The summed E-state index contributed by atoms with van der Waals surface area (Å²) in [4.78, 5) is 13.6. The van der Waals surface area contributed by atoms with Crippen molar-refractivity contribution in [2.75, 3.05) is 0 Å². The van der Waals surface area contributed by atoms with Gasteiger partial charge >= 0.3 is 0 Å². The van der Waals surface area contributed by atoms with Crippen molar-refractivity contribution < 1.29 is 24.9 Å². The minimum absolute atomic E-state index is 0.0779. The van der Waals surface area contributed by atoms with Crippen LogP contribution in [0.15, 0.2) is 76.4 Å². The summed E-state index contributed by atoms with van der Waals surface area (Å²) in [5.41, 5.74) is 5.86. The zero-order valence-electron chi connectivity index (χ0n) is 27.9. The van der Waals surface area contributed by atoms with E-state index in [9.17, 15) is 20.1 Å². The first kappa shape index (κ1) is 36.3. The monoisotopic (exact) mass is 592 g/mol. The summed E-state index contributed by atoms with van der Waals surface area (Å²) in [5.74, 6) is -0.818. The Labute approximate surface area is 260 Å². The van der Waals surface area contributed by atoms with Crippen LogP contribution in [-0.2, 0) is 4.74 Å². The van der Waals surface area contributed by atoms with Crippen molar-refractivity contribution in [1.82, 2.24) is 0 Å². The van der Waals surface area contributed by atoms with Crippen molar-refractivity contribution in [3.05, 3.63) is 82.0 Å². The number of rotatable bonds is 16. The number of hydrogen-bond acceptors (Lipinski definition) is 5. The maximum atomic E-state index is 13.6. The molecule has 5 heteroatoms. The first-order chi connectivity index (χ1) is 20.2. The molecule has 43 heavy (non-hydrogen) atoms. The van der Waals surface area contributed by atoms with Crippen LogP contribution in [0.4, 0.5) is 0 Å². The van der Waals surface area contributed by atoms with Crippen molar-refractivity contribution in [3.8, 4) is 11.5 Å². The van der Waals surface area contributed by atoms with Crippen LogP contribution in [0.3, 0.4) is 0 Å². The summed E-state index contributed by atoms with van der Waals surface area (Å²) in [7, 11) is 0.